The van der Waals surface area contributed by atoms with Crippen LogP contribution in [-0.4, -0.2) is 189 Å². The topological polar surface area (TPSA) is 129 Å². The minimum Gasteiger partial charge on any atom is -0.379 e. The Hall–Kier alpha value is -3.28. The quantitative estimate of drug-likeness (QED) is 0.108. The lowest BCUT2D eigenvalue weighted by atomic mass is 9.70. The fourth-order valence-corrected chi connectivity index (χ4v) is 16.3. The number of alkyl halides is 1. The number of hydrogen-bond donors (Lipinski definition) is 3. The van der Waals surface area contributed by atoms with E-state index in [1.165, 1.54) is 99.7 Å². The van der Waals surface area contributed by atoms with Crippen LogP contribution in [-0.2, 0) is 30.9 Å². The largest absolute Gasteiger partial charge is 0.379 e. The number of fused-ring (bicyclic) bond motifs is 1. The molecule has 1 aromatic heterocycles. The first-order valence-electron chi connectivity index (χ1n) is 34.4. The van der Waals surface area contributed by atoms with Crippen molar-refractivity contribution in [2.45, 2.75) is 220 Å². The van der Waals surface area contributed by atoms with Gasteiger partial charge in [-0.3, -0.25) is 29.1 Å². The van der Waals surface area contributed by atoms with Crippen LogP contribution in [0.15, 0.2) is 45.9 Å². The van der Waals surface area contributed by atoms with E-state index in [4.69, 9.17) is 9.47 Å². The molecule has 15 heteroatoms. The summed E-state index contributed by atoms with van der Waals surface area (Å²) in [5.74, 6) is 3.45. The molecule has 85 heavy (non-hydrogen) atoms. The molecule has 2 saturated carbocycles. The number of carbonyl (C=O) groups excluding carboxylic acids is 2. The second-order valence-corrected chi connectivity index (χ2v) is 29.8. The maximum Gasteiger partial charge on any atom is 0.251 e. The third-order valence-corrected chi connectivity index (χ3v) is 21.6. The minimum atomic E-state index is -0.714. The van der Waals surface area contributed by atoms with Gasteiger partial charge in [-0.05, 0) is 144 Å². The maximum atomic E-state index is 14.2. The van der Waals surface area contributed by atoms with Crippen LogP contribution in [0.5, 0.6) is 0 Å². The number of morpholine rings is 1. The van der Waals surface area contributed by atoms with Crippen LogP contribution in [0, 0.1) is 35.0 Å². The molecular formula is C70H116FN9O5. The molecule has 4 saturated heterocycles. The van der Waals surface area contributed by atoms with Crippen molar-refractivity contribution in [3.05, 3.63) is 62.7 Å². The zero-order valence-corrected chi connectivity index (χ0v) is 54.9. The van der Waals surface area contributed by atoms with Crippen molar-refractivity contribution in [3.8, 4) is 0 Å². The number of H-pyrrole nitrogens is 1. The van der Waals surface area contributed by atoms with E-state index in [-0.39, 0.29) is 40.3 Å². The first-order chi connectivity index (χ1) is 40.7. The molecule has 0 bridgehead atoms. The Bertz CT molecular complexity index is 2510. The zero-order chi connectivity index (χ0) is 60.6. The lowest BCUT2D eigenvalue weighted by Gasteiger charge is -2.43. The highest BCUT2D eigenvalue weighted by Gasteiger charge is 2.46. The van der Waals surface area contributed by atoms with Crippen molar-refractivity contribution in [1.29, 1.82) is 0 Å². The molecule has 0 spiro atoms. The number of hydrogen-bond acceptors (Lipinski definition) is 11. The molecular weight excluding hydrogens is 1070 g/mol. The van der Waals surface area contributed by atoms with E-state index in [0.29, 0.717) is 87.6 Å². The molecule has 0 aromatic carbocycles. The number of carbonyl (C=O) groups is 2. The molecule has 478 valence electrons. The Balaban J connectivity index is 0.000000205. The number of halogens is 1. The van der Waals surface area contributed by atoms with Crippen molar-refractivity contribution in [3.63, 3.8) is 0 Å². The number of rotatable bonds is 20. The van der Waals surface area contributed by atoms with Crippen LogP contribution in [0.2, 0.25) is 0 Å². The fraction of sp³-hybridized carbons (Fsp3) is 0.814. The molecule has 6 aliphatic heterocycles. The summed E-state index contributed by atoms with van der Waals surface area (Å²) in [6, 6.07) is 3.29. The van der Waals surface area contributed by atoms with E-state index in [9.17, 15) is 18.8 Å². The summed E-state index contributed by atoms with van der Waals surface area (Å²) >= 11 is 0. The van der Waals surface area contributed by atoms with Gasteiger partial charge in [0, 0.05) is 136 Å². The average molecular weight is 1180 g/mol. The number of nitrogens with one attached hydrogen (secondary N) is 3. The molecule has 2 amide bonds. The molecule has 0 radical (unpaired) electrons. The number of aromatic amines is 1. The Morgan fingerprint density at radius 3 is 2.02 bits per heavy atom. The lowest BCUT2D eigenvalue weighted by Crippen LogP contribution is -2.61. The Morgan fingerprint density at radius 1 is 0.741 bits per heavy atom. The SMILES string of the molecule is C=C1C(CC2CCC(C)CC2)=CC2=C(C1C)C(C)(C)CN2C(=O)CN1C[C@@H](C)NCC1CN1CCC[C@H](CC)C1.CCCCCCOC[C@@H]1CN(CC2CN[C@H](C)CN2CC(=O)N2CC(C)(C)c3[nH]c(=O)c(CC4CCC(F)CC4)cc32)CCO1. The molecule has 6 fully saturated rings. The van der Waals surface area contributed by atoms with E-state index in [1.54, 1.807) is 0 Å². The summed E-state index contributed by atoms with van der Waals surface area (Å²) < 4.78 is 25.7. The standard InChI is InChI=1S/C35H58FN5O4.C35H58N4O/c1-5-6-7-8-14-44-23-30-21-39(13-15-45-30)20-29-18-37-25(2)19-40(29)22-32(42)41-24-35(3,4)33-31(41)17-27(34(43)38-33)16-26-9-11-28(36)12-10-26;1-8-28-10-9-15-37(20-28)21-31-18-36-25(3)19-38(31)22-33(40)39-23-35(6,7)34-27(5)26(4)30(17-32(34)39)16-29-13-11-24(2)12-14-29/h17,25-26,28-30,37H,5-16,18-24H2,1-4H3,(H,38,43);17,24-25,27-29,31,36H,4,8-16,18-23H2,1-3,5-7H3/t25-,26?,28?,29?,30+;24?,25-,27?,28+,29?,31?/m11/s1. The molecule has 3 aliphatic carbocycles. The van der Waals surface area contributed by atoms with Crippen LogP contribution in [0.3, 0.4) is 0 Å². The monoisotopic (exact) mass is 1180 g/mol. The highest BCUT2D eigenvalue weighted by molar-refractivity contribution is 5.97. The van der Waals surface area contributed by atoms with Gasteiger partial charge in [-0.1, -0.05) is 100 Å². The first-order valence-corrected chi connectivity index (χ1v) is 34.4. The number of nitrogens with zero attached hydrogens (tertiary/aromatic N) is 6. The van der Waals surface area contributed by atoms with Gasteiger partial charge in [0.1, 0.15) is 6.17 Å². The highest BCUT2D eigenvalue weighted by atomic mass is 19.1. The van der Waals surface area contributed by atoms with E-state index in [0.717, 1.165) is 120 Å². The molecule has 9 aliphatic rings. The van der Waals surface area contributed by atoms with Crippen LogP contribution in [0.1, 0.15) is 183 Å². The number of unbranched alkanes of at least 4 members (excludes halogenated alkanes) is 3. The molecule has 7 heterocycles. The third kappa shape index (κ3) is 17.2. The number of likely N-dealkylation sites (tertiary alicyclic amines) is 1. The molecule has 1 aromatic rings. The predicted molar refractivity (Wildman–Crippen MR) is 344 cm³/mol. The highest BCUT2D eigenvalue weighted by Crippen LogP contribution is 2.51. The lowest BCUT2D eigenvalue weighted by molar-refractivity contribution is -0.131. The second kappa shape index (κ2) is 30.0. The molecule has 7 atom stereocenters. The van der Waals surface area contributed by atoms with Crippen molar-refractivity contribution in [2.24, 2.45) is 35.0 Å². The van der Waals surface area contributed by atoms with Gasteiger partial charge in [0.25, 0.3) is 5.56 Å². The number of anilines is 1. The van der Waals surface area contributed by atoms with Gasteiger partial charge in [0.05, 0.1) is 38.1 Å². The maximum absolute atomic E-state index is 14.2. The number of aromatic nitrogens is 1. The number of amides is 2. The second-order valence-electron chi connectivity index (χ2n) is 29.8. The zero-order valence-electron chi connectivity index (χ0n) is 54.9. The summed E-state index contributed by atoms with van der Waals surface area (Å²) in [6.07, 6.45) is 20.4. The van der Waals surface area contributed by atoms with Gasteiger partial charge in [0.15, 0.2) is 0 Å². The Labute approximate surface area is 513 Å². The van der Waals surface area contributed by atoms with E-state index in [2.05, 4.69) is 122 Å². The summed E-state index contributed by atoms with van der Waals surface area (Å²) in [6.45, 7) is 41.2. The number of ether oxygens (including phenoxy) is 2. The van der Waals surface area contributed by atoms with Crippen molar-refractivity contribution in [2.75, 3.05) is 116 Å². The smallest absolute Gasteiger partial charge is 0.251 e. The number of piperazine rings is 2. The van der Waals surface area contributed by atoms with Gasteiger partial charge in [-0.15, -0.1) is 0 Å². The van der Waals surface area contributed by atoms with E-state index in [1.807, 2.05) is 11.0 Å². The number of piperidine rings is 1. The van der Waals surface area contributed by atoms with Crippen LogP contribution in [0.4, 0.5) is 10.1 Å². The van der Waals surface area contributed by atoms with Crippen molar-refractivity contribution >= 4 is 17.5 Å². The third-order valence-electron chi connectivity index (χ3n) is 21.6. The normalized spacial score (nSPS) is 32.2. The fourth-order valence-electron chi connectivity index (χ4n) is 16.3. The minimum absolute atomic E-state index is 0.0191. The number of pyridine rings is 1. The van der Waals surface area contributed by atoms with Crippen LogP contribution >= 0.6 is 0 Å². The van der Waals surface area contributed by atoms with Crippen LogP contribution < -0.4 is 21.1 Å². The van der Waals surface area contributed by atoms with E-state index >= 15 is 0 Å². The molecule has 14 nitrogen and oxygen atoms in total. The van der Waals surface area contributed by atoms with Crippen molar-refractivity contribution < 1.29 is 23.5 Å². The van der Waals surface area contributed by atoms with Gasteiger partial charge < -0.3 is 39.8 Å². The van der Waals surface area contributed by atoms with Crippen LogP contribution in [0.25, 0.3) is 0 Å². The number of allylic oxidation sites excluding steroid dienone is 3. The van der Waals surface area contributed by atoms with Crippen molar-refractivity contribution in [1.82, 2.24) is 40.1 Å². The summed E-state index contributed by atoms with van der Waals surface area (Å²) in [7, 11) is 0. The van der Waals surface area contributed by atoms with Gasteiger partial charge in [-0.25, -0.2) is 4.39 Å². The Kier molecular flexibility index (Phi) is 23.4. The molecule has 3 unspecified atom stereocenters. The predicted octanol–water partition coefficient (Wildman–Crippen LogP) is 10.3. The molecule has 3 N–H and O–H groups in total. The average Bonchev–Trinajstić information content (AvgIpc) is 2.06. The summed E-state index contributed by atoms with van der Waals surface area (Å²) in [5.41, 5.74) is 7.30. The molecule has 10 rings (SSSR count). The van der Waals surface area contributed by atoms with E-state index < -0.39 is 6.17 Å². The van der Waals surface area contributed by atoms with Gasteiger partial charge in [-0.2, -0.15) is 0 Å². The first kappa shape index (κ1) is 66.1. The summed E-state index contributed by atoms with van der Waals surface area (Å²) in [4.78, 5) is 58.6. The van der Waals surface area contributed by atoms with Gasteiger partial charge in [0.2, 0.25) is 11.8 Å². The Morgan fingerprint density at radius 2 is 1.36 bits per heavy atom. The summed E-state index contributed by atoms with van der Waals surface area (Å²) in [5, 5.41) is 7.35. The van der Waals surface area contributed by atoms with Gasteiger partial charge >= 0.3 is 0 Å².